The lowest BCUT2D eigenvalue weighted by molar-refractivity contribution is 0.584. The summed E-state index contributed by atoms with van der Waals surface area (Å²) in [5.41, 5.74) is 3.50. The van der Waals surface area contributed by atoms with Crippen LogP contribution in [-0.2, 0) is 0 Å². The van der Waals surface area contributed by atoms with Crippen LogP contribution in [0, 0.1) is 6.92 Å². The van der Waals surface area contributed by atoms with Crippen molar-refractivity contribution in [3.63, 3.8) is 0 Å². The zero-order chi connectivity index (χ0) is 20.0. The molecule has 0 radical (unpaired) electrons. The summed E-state index contributed by atoms with van der Waals surface area (Å²) in [5.74, 6) is 0.730. The summed E-state index contributed by atoms with van der Waals surface area (Å²) >= 11 is 5.92. The van der Waals surface area contributed by atoms with Gasteiger partial charge in [-0.15, -0.1) is 15.3 Å². The molecular formula is C21H14ClN5O2. The van der Waals surface area contributed by atoms with E-state index in [9.17, 15) is 4.79 Å². The molecule has 0 fully saturated rings. The van der Waals surface area contributed by atoms with Gasteiger partial charge in [0.05, 0.1) is 5.69 Å². The number of fused-ring (bicyclic) bond motifs is 1. The first-order valence-corrected chi connectivity index (χ1v) is 9.24. The summed E-state index contributed by atoms with van der Waals surface area (Å²) < 4.78 is 8.63. The molecule has 0 bridgehead atoms. The summed E-state index contributed by atoms with van der Waals surface area (Å²) in [6, 6.07) is 18.2. The maximum atomic E-state index is 12.7. The predicted molar refractivity (Wildman–Crippen MR) is 109 cm³/mol. The monoisotopic (exact) mass is 403 g/mol. The third-order valence-electron chi connectivity index (χ3n) is 4.57. The molecule has 8 heteroatoms. The highest BCUT2D eigenvalue weighted by Gasteiger charge is 2.14. The number of hydrogen-bond donors (Lipinski definition) is 0. The van der Waals surface area contributed by atoms with Crippen molar-refractivity contribution in [2.75, 3.05) is 0 Å². The van der Waals surface area contributed by atoms with E-state index in [0.717, 1.165) is 11.1 Å². The number of benzene rings is 2. The van der Waals surface area contributed by atoms with Gasteiger partial charge in [0.1, 0.15) is 0 Å². The lowest BCUT2D eigenvalue weighted by Crippen LogP contribution is -2.19. The van der Waals surface area contributed by atoms with Gasteiger partial charge in [-0.25, -0.2) is 9.20 Å². The Kier molecular flexibility index (Phi) is 4.03. The molecule has 0 unspecified atom stereocenters. The van der Waals surface area contributed by atoms with Gasteiger partial charge in [-0.1, -0.05) is 29.3 Å². The van der Waals surface area contributed by atoms with E-state index < -0.39 is 0 Å². The Balaban J connectivity index is 1.54. The van der Waals surface area contributed by atoms with Gasteiger partial charge >= 0.3 is 5.69 Å². The molecule has 3 heterocycles. The van der Waals surface area contributed by atoms with Gasteiger partial charge in [0.2, 0.25) is 11.8 Å². The van der Waals surface area contributed by atoms with Crippen LogP contribution in [0.25, 0.3) is 34.2 Å². The van der Waals surface area contributed by atoms with Crippen molar-refractivity contribution in [2.45, 2.75) is 6.92 Å². The van der Waals surface area contributed by atoms with E-state index in [4.69, 9.17) is 16.0 Å². The first-order chi connectivity index (χ1) is 14.1. The Labute approximate surface area is 169 Å². The Bertz CT molecular complexity index is 1380. The maximum absolute atomic E-state index is 12.7. The van der Waals surface area contributed by atoms with E-state index in [1.165, 1.54) is 9.08 Å². The molecule has 0 aliphatic carbocycles. The topological polar surface area (TPSA) is 78.2 Å². The number of hydrogen-bond acceptors (Lipinski definition) is 5. The minimum Gasteiger partial charge on any atom is -0.416 e. The molecule has 0 atom stereocenters. The number of nitrogens with zero attached hydrogens (tertiary/aromatic N) is 5. The normalized spacial score (nSPS) is 11.2. The summed E-state index contributed by atoms with van der Waals surface area (Å²) in [5, 5.41) is 13.3. The third kappa shape index (κ3) is 3.11. The van der Waals surface area contributed by atoms with E-state index in [1.807, 2.05) is 43.3 Å². The number of pyridine rings is 1. The van der Waals surface area contributed by atoms with Gasteiger partial charge in [-0.2, -0.15) is 4.68 Å². The number of halogens is 1. The smallest absolute Gasteiger partial charge is 0.355 e. The zero-order valence-corrected chi connectivity index (χ0v) is 16.0. The molecule has 5 rings (SSSR count). The molecular weight excluding hydrogens is 390 g/mol. The number of rotatable bonds is 3. The highest BCUT2D eigenvalue weighted by molar-refractivity contribution is 6.30. The van der Waals surface area contributed by atoms with Gasteiger partial charge in [-0.05, 0) is 55.5 Å². The van der Waals surface area contributed by atoms with E-state index >= 15 is 0 Å². The molecule has 0 amide bonds. The predicted octanol–water partition coefficient (Wildman–Crippen LogP) is 4.16. The summed E-state index contributed by atoms with van der Waals surface area (Å²) in [4.78, 5) is 12.7. The summed E-state index contributed by atoms with van der Waals surface area (Å²) in [7, 11) is 0. The lowest BCUT2D eigenvalue weighted by Gasteiger charge is -1.98. The average molecular weight is 404 g/mol. The Morgan fingerprint density at radius 2 is 1.59 bits per heavy atom. The van der Waals surface area contributed by atoms with Crippen LogP contribution in [0.1, 0.15) is 5.56 Å². The first kappa shape index (κ1) is 17.4. The molecule has 7 nitrogen and oxygen atoms in total. The second-order valence-electron chi connectivity index (χ2n) is 6.59. The highest BCUT2D eigenvalue weighted by Crippen LogP contribution is 2.25. The Morgan fingerprint density at radius 3 is 2.31 bits per heavy atom. The van der Waals surface area contributed by atoms with E-state index in [2.05, 4.69) is 15.3 Å². The van der Waals surface area contributed by atoms with Crippen molar-refractivity contribution in [3.8, 4) is 28.6 Å². The second-order valence-corrected chi connectivity index (χ2v) is 7.03. The van der Waals surface area contributed by atoms with Gasteiger partial charge in [0.25, 0.3) is 0 Å². The van der Waals surface area contributed by atoms with E-state index in [0.29, 0.717) is 33.7 Å². The van der Waals surface area contributed by atoms with Crippen LogP contribution in [0.4, 0.5) is 0 Å². The Hall–Kier alpha value is -3.71. The largest absolute Gasteiger partial charge is 0.416 e. The molecule has 0 aliphatic heterocycles. The van der Waals surface area contributed by atoms with Crippen LogP contribution in [0.3, 0.4) is 0 Å². The van der Waals surface area contributed by atoms with Gasteiger partial charge in [-0.3, -0.25) is 0 Å². The van der Waals surface area contributed by atoms with Crippen LogP contribution >= 0.6 is 11.6 Å². The molecule has 0 aliphatic rings. The fraction of sp³-hybridized carbons (Fsp3) is 0.0476. The minimum atomic E-state index is -0.247. The zero-order valence-electron chi connectivity index (χ0n) is 15.3. The van der Waals surface area contributed by atoms with Crippen molar-refractivity contribution in [1.82, 2.24) is 24.4 Å². The van der Waals surface area contributed by atoms with E-state index in [1.54, 1.807) is 30.5 Å². The van der Waals surface area contributed by atoms with Gasteiger partial charge in [0, 0.05) is 22.3 Å². The quantitative estimate of drug-likeness (QED) is 0.452. The van der Waals surface area contributed by atoms with Crippen LogP contribution < -0.4 is 5.69 Å². The molecule has 0 saturated heterocycles. The van der Waals surface area contributed by atoms with Gasteiger partial charge in [0.15, 0.2) is 5.65 Å². The van der Waals surface area contributed by atoms with Crippen molar-refractivity contribution in [1.29, 1.82) is 0 Å². The molecule has 0 spiro atoms. The molecule has 3 aromatic heterocycles. The maximum Gasteiger partial charge on any atom is 0.355 e. The summed E-state index contributed by atoms with van der Waals surface area (Å²) in [6.07, 6.45) is 1.65. The van der Waals surface area contributed by atoms with E-state index in [-0.39, 0.29) is 5.69 Å². The molecule has 2 aromatic carbocycles. The third-order valence-corrected chi connectivity index (χ3v) is 4.82. The lowest BCUT2D eigenvalue weighted by atomic mass is 10.2. The molecule has 0 saturated carbocycles. The van der Waals surface area contributed by atoms with Crippen molar-refractivity contribution >= 4 is 17.2 Å². The summed E-state index contributed by atoms with van der Waals surface area (Å²) in [6.45, 7) is 1.99. The SMILES string of the molecule is Cc1ccc(-n2nc3cc(-c4nnc(-c5ccc(Cl)cc5)o4)ccn3c2=O)cc1. The molecule has 142 valence electrons. The number of aryl methyl sites for hydroxylation is 1. The molecule has 29 heavy (non-hydrogen) atoms. The standard InChI is InChI=1S/C21H14ClN5O2/c1-13-2-8-17(9-3-13)27-21(28)26-11-10-15(12-18(26)25-27)20-24-23-19(29-20)14-4-6-16(22)7-5-14/h2-12H,1H3. The van der Waals surface area contributed by atoms with Crippen LogP contribution in [0.15, 0.2) is 76.1 Å². The van der Waals surface area contributed by atoms with Crippen LogP contribution in [0.2, 0.25) is 5.02 Å². The van der Waals surface area contributed by atoms with Crippen molar-refractivity contribution in [2.24, 2.45) is 0 Å². The minimum absolute atomic E-state index is 0.247. The van der Waals surface area contributed by atoms with Crippen LogP contribution in [-0.4, -0.2) is 24.4 Å². The molecule has 5 aromatic rings. The fourth-order valence-electron chi connectivity index (χ4n) is 3.01. The van der Waals surface area contributed by atoms with Crippen molar-refractivity contribution in [3.05, 3.63) is 87.9 Å². The fourth-order valence-corrected chi connectivity index (χ4v) is 3.14. The van der Waals surface area contributed by atoms with Gasteiger partial charge < -0.3 is 4.42 Å². The Morgan fingerprint density at radius 1 is 0.897 bits per heavy atom. The molecule has 0 N–H and O–H groups in total. The highest BCUT2D eigenvalue weighted by atomic mass is 35.5. The first-order valence-electron chi connectivity index (χ1n) is 8.87. The van der Waals surface area contributed by atoms with Crippen LogP contribution in [0.5, 0.6) is 0 Å². The second kappa shape index (κ2) is 6.72. The van der Waals surface area contributed by atoms with Crippen molar-refractivity contribution < 1.29 is 4.42 Å². The number of aromatic nitrogens is 5. The average Bonchev–Trinajstić information content (AvgIpc) is 3.34.